The average molecular weight is 391 g/mol. The van der Waals surface area contributed by atoms with Gasteiger partial charge in [-0.3, -0.25) is 9.59 Å². The Kier molecular flexibility index (Phi) is 8.29. The van der Waals surface area contributed by atoms with Gasteiger partial charge in [0.25, 0.3) is 11.8 Å². The minimum Gasteiger partial charge on any atom is -0.497 e. The fourth-order valence-corrected chi connectivity index (χ4v) is 3.35. The van der Waals surface area contributed by atoms with E-state index in [1.807, 2.05) is 55.7 Å². The van der Waals surface area contributed by atoms with E-state index in [2.05, 4.69) is 5.32 Å². The number of amides is 2. The molecule has 6 nitrogen and oxygen atoms in total. The maximum Gasteiger partial charge on any atom is 0.282 e. The van der Waals surface area contributed by atoms with Crippen LogP contribution in [0.1, 0.15) is 18.2 Å². The topological polar surface area (TPSA) is 63.1 Å². The summed E-state index contributed by atoms with van der Waals surface area (Å²) in [4.78, 5) is 28.6. The second kappa shape index (κ2) is 10.7. The zero-order valence-corrected chi connectivity index (χ0v) is 17.0. The van der Waals surface area contributed by atoms with Gasteiger partial charge >= 0.3 is 0 Å². The molecule has 0 radical (unpaired) electrons. The Hall–Kier alpha value is -2.38. The fraction of sp³-hybridized carbons (Fsp3) is 0.400. The van der Waals surface area contributed by atoms with E-state index in [0.29, 0.717) is 13.1 Å². The number of thiophene rings is 1. The summed E-state index contributed by atoms with van der Waals surface area (Å²) >= 11 is 1.62. The van der Waals surface area contributed by atoms with Crippen LogP contribution in [0.2, 0.25) is 0 Å². The minimum absolute atomic E-state index is 0.0191. The molecular formula is C20H28N3O3S+. The zero-order valence-electron chi connectivity index (χ0n) is 16.2. The molecule has 1 heterocycles. The van der Waals surface area contributed by atoms with E-state index in [-0.39, 0.29) is 24.9 Å². The van der Waals surface area contributed by atoms with Crippen LogP contribution in [0.25, 0.3) is 0 Å². The van der Waals surface area contributed by atoms with Crippen molar-refractivity contribution >= 4 is 28.8 Å². The number of likely N-dealkylation sites (N-methyl/N-ethyl adjacent to an activating group) is 1. The SMILES string of the molecule is CCCNC(=O)C[NH+](C)CC(=O)N(Cc1cccs1)c1ccc(OC)cc1. The number of hydrogen-bond acceptors (Lipinski definition) is 4. The van der Waals surface area contributed by atoms with Crippen molar-refractivity contribution < 1.29 is 19.2 Å². The summed E-state index contributed by atoms with van der Waals surface area (Å²) in [6, 6.07) is 11.5. The Morgan fingerprint density at radius 1 is 1.19 bits per heavy atom. The van der Waals surface area contributed by atoms with E-state index in [0.717, 1.165) is 27.6 Å². The molecule has 0 bridgehead atoms. The van der Waals surface area contributed by atoms with Crippen molar-refractivity contribution in [2.75, 3.05) is 38.7 Å². The lowest BCUT2D eigenvalue weighted by Crippen LogP contribution is -3.11. The quantitative estimate of drug-likeness (QED) is 0.643. The molecule has 27 heavy (non-hydrogen) atoms. The largest absolute Gasteiger partial charge is 0.497 e. The fourth-order valence-electron chi connectivity index (χ4n) is 2.66. The molecule has 0 fully saturated rings. The molecule has 0 aliphatic rings. The zero-order chi connectivity index (χ0) is 19.6. The lowest BCUT2D eigenvalue weighted by atomic mass is 10.2. The molecule has 2 rings (SSSR count). The molecule has 7 heteroatoms. The van der Waals surface area contributed by atoms with Crippen molar-refractivity contribution in [3.05, 3.63) is 46.7 Å². The maximum absolute atomic E-state index is 13.0. The molecule has 1 aromatic carbocycles. The van der Waals surface area contributed by atoms with E-state index >= 15 is 0 Å². The predicted molar refractivity (Wildman–Crippen MR) is 108 cm³/mol. The van der Waals surface area contributed by atoms with Gasteiger partial charge in [-0.15, -0.1) is 11.3 Å². The van der Waals surface area contributed by atoms with Gasteiger partial charge in [0.15, 0.2) is 13.1 Å². The van der Waals surface area contributed by atoms with E-state index in [9.17, 15) is 9.59 Å². The highest BCUT2D eigenvalue weighted by molar-refractivity contribution is 7.09. The van der Waals surface area contributed by atoms with Crippen LogP contribution in [0, 0.1) is 0 Å². The maximum atomic E-state index is 13.0. The van der Waals surface area contributed by atoms with Crippen molar-refractivity contribution in [3.63, 3.8) is 0 Å². The Morgan fingerprint density at radius 3 is 2.52 bits per heavy atom. The molecule has 0 saturated carbocycles. The van der Waals surface area contributed by atoms with E-state index < -0.39 is 0 Å². The van der Waals surface area contributed by atoms with Crippen molar-refractivity contribution in [1.29, 1.82) is 0 Å². The first kappa shape index (κ1) is 20.9. The summed E-state index contributed by atoms with van der Waals surface area (Å²) in [6.07, 6.45) is 0.899. The molecule has 0 aliphatic carbocycles. The highest BCUT2D eigenvalue weighted by Crippen LogP contribution is 2.22. The van der Waals surface area contributed by atoms with Crippen molar-refractivity contribution in [2.24, 2.45) is 0 Å². The highest BCUT2D eigenvalue weighted by atomic mass is 32.1. The second-order valence-electron chi connectivity index (χ2n) is 6.42. The van der Waals surface area contributed by atoms with Crippen LogP contribution in [0.15, 0.2) is 41.8 Å². The Bertz CT molecular complexity index is 717. The van der Waals surface area contributed by atoms with E-state index in [1.165, 1.54) is 0 Å². The van der Waals surface area contributed by atoms with Gasteiger partial charge in [-0.05, 0) is 42.1 Å². The normalized spacial score (nSPS) is 11.7. The number of benzene rings is 1. The summed E-state index contributed by atoms with van der Waals surface area (Å²) in [5.41, 5.74) is 0.817. The number of carbonyl (C=O) groups excluding carboxylic acids is 2. The summed E-state index contributed by atoms with van der Waals surface area (Å²) < 4.78 is 5.21. The molecule has 1 atom stereocenters. The van der Waals surface area contributed by atoms with Crippen LogP contribution in [-0.2, 0) is 16.1 Å². The number of rotatable bonds is 10. The minimum atomic E-state index is -0.0311. The summed E-state index contributed by atoms with van der Waals surface area (Å²) in [5, 5.41) is 4.85. The third kappa shape index (κ3) is 6.69. The number of nitrogens with zero attached hydrogens (tertiary/aromatic N) is 1. The molecule has 0 saturated heterocycles. The van der Waals surface area contributed by atoms with Crippen LogP contribution < -0.4 is 19.9 Å². The van der Waals surface area contributed by atoms with Gasteiger partial charge in [0.1, 0.15) is 5.75 Å². The molecule has 146 valence electrons. The van der Waals surface area contributed by atoms with Gasteiger partial charge in [0.2, 0.25) is 0 Å². The first-order chi connectivity index (χ1) is 13.0. The van der Waals surface area contributed by atoms with Crippen LogP contribution in [0.3, 0.4) is 0 Å². The third-order valence-corrected chi connectivity index (χ3v) is 4.93. The van der Waals surface area contributed by atoms with E-state index in [4.69, 9.17) is 4.74 Å². The molecule has 0 spiro atoms. The monoisotopic (exact) mass is 390 g/mol. The molecule has 1 unspecified atom stereocenters. The molecule has 1 aromatic heterocycles. The van der Waals surface area contributed by atoms with Gasteiger partial charge in [-0.25, -0.2) is 0 Å². The lowest BCUT2D eigenvalue weighted by Gasteiger charge is -2.24. The van der Waals surface area contributed by atoms with Gasteiger partial charge < -0.3 is 19.9 Å². The Balaban J connectivity index is 2.07. The van der Waals surface area contributed by atoms with Gasteiger partial charge in [-0.2, -0.15) is 0 Å². The number of nitrogens with one attached hydrogen (secondary N) is 2. The van der Waals surface area contributed by atoms with Gasteiger partial charge in [0.05, 0.1) is 20.7 Å². The number of ether oxygens (including phenoxy) is 1. The number of methoxy groups -OCH3 is 1. The van der Waals surface area contributed by atoms with Crippen molar-refractivity contribution in [2.45, 2.75) is 19.9 Å². The smallest absolute Gasteiger partial charge is 0.282 e. The van der Waals surface area contributed by atoms with Crippen LogP contribution >= 0.6 is 11.3 Å². The third-order valence-electron chi connectivity index (χ3n) is 4.07. The Labute approximate surface area is 164 Å². The molecular weight excluding hydrogens is 362 g/mol. The number of carbonyl (C=O) groups is 2. The summed E-state index contributed by atoms with van der Waals surface area (Å²) in [5.74, 6) is 0.698. The number of hydrogen-bond donors (Lipinski definition) is 2. The first-order valence-electron chi connectivity index (χ1n) is 9.08. The highest BCUT2D eigenvalue weighted by Gasteiger charge is 2.22. The number of anilines is 1. The van der Waals surface area contributed by atoms with Crippen molar-refractivity contribution in [3.8, 4) is 5.75 Å². The second-order valence-corrected chi connectivity index (χ2v) is 7.45. The molecule has 0 aliphatic heterocycles. The van der Waals surface area contributed by atoms with Crippen LogP contribution in [0.5, 0.6) is 5.75 Å². The Morgan fingerprint density at radius 2 is 1.93 bits per heavy atom. The number of quaternary nitrogens is 1. The molecule has 2 amide bonds. The molecule has 2 aromatic rings. The van der Waals surface area contributed by atoms with Gasteiger partial charge in [-0.1, -0.05) is 13.0 Å². The van der Waals surface area contributed by atoms with Crippen LogP contribution in [0.4, 0.5) is 5.69 Å². The first-order valence-corrected chi connectivity index (χ1v) is 9.96. The van der Waals surface area contributed by atoms with E-state index in [1.54, 1.807) is 23.3 Å². The lowest BCUT2D eigenvalue weighted by molar-refractivity contribution is -0.862. The van der Waals surface area contributed by atoms with Crippen LogP contribution in [-0.4, -0.2) is 45.6 Å². The molecule has 2 N–H and O–H groups in total. The standard InChI is InChI=1S/C20H27N3O3S/c1-4-11-21-19(24)14-22(2)15-20(25)23(13-18-6-5-12-27-18)16-7-9-17(26-3)10-8-16/h5-10,12H,4,11,13-15H2,1-3H3,(H,21,24)/p+1. The van der Waals surface area contributed by atoms with Gasteiger partial charge in [0, 0.05) is 17.1 Å². The van der Waals surface area contributed by atoms with Crippen molar-refractivity contribution in [1.82, 2.24) is 5.32 Å². The average Bonchev–Trinajstić information content (AvgIpc) is 3.17. The predicted octanol–water partition coefficient (Wildman–Crippen LogP) is 1.33. The summed E-state index contributed by atoms with van der Waals surface area (Å²) in [6.45, 7) is 3.71. The summed E-state index contributed by atoms with van der Waals surface area (Å²) in [7, 11) is 3.48.